The Morgan fingerprint density at radius 2 is 1.76 bits per heavy atom. The first-order valence-electron chi connectivity index (χ1n) is 7.99. The van der Waals surface area contributed by atoms with Gasteiger partial charge in [-0.05, 0) is 69.6 Å². The molecule has 0 unspecified atom stereocenters. The molecule has 4 heteroatoms. The van der Waals surface area contributed by atoms with Gasteiger partial charge in [-0.2, -0.15) is 0 Å². The summed E-state index contributed by atoms with van der Waals surface area (Å²) in [5.74, 6) is 1.04. The predicted octanol–water partition coefficient (Wildman–Crippen LogP) is 2.87. The Balaban J connectivity index is 2.00. The Hall–Kier alpha value is -0.995. The molecule has 0 aliphatic carbocycles. The van der Waals surface area contributed by atoms with Gasteiger partial charge in [0.25, 0.3) is 0 Å². The lowest BCUT2D eigenvalue weighted by Crippen LogP contribution is -2.41. The van der Waals surface area contributed by atoms with Crippen molar-refractivity contribution < 1.29 is 14.0 Å². The third kappa shape index (κ3) is 2.38. The summed E-state index contributed by atoms with van der Waals surface area (Å²) in [4.78, 5) is 0. The molecule has 21 heavy (non-hydrogen) atoms. The van der Waals surface area contributed by atoms with E-state index < -0.39 is 0 Å². The zero-order valence-electron chi connectivity index (χ0n) is 13.8. The van der Waals surface area contributed by atoms with Crippen LogP contribution in [0.15, 0.2) is 12.1 Å². The van der Waals surface area contributed by atoms with Gasteiger partial charge in [0.1, 0.15) is 5.75 Å². The second-order valence-electron chi connectivity index (χ2n) is 7.00. The standard InChI is InChI=1S/C17H25BO3/c1-6-12-13-8-7-11-19-15(13)10-9-14(12)18-20-16(2,3)17(4,5)21-18/h9-10H,6-8,11H2,1-5H3. The molecule has 1 saturated heterocycles. The van der Waals surface area contributed by atoms with Crippen molar-refractivity contribution in [1.82, 2.24) is 0 Å². The number of ether oxygens (including phenoxy) is 1. The quantitative estimate of drug-likeness (QED) is 0.783. The van der Waals surface area contributed by atoms with Crippen molar-refractivity contribution in [2.24, 2.45) is 0 Å². The Morgan fingerprint density at radius 3 is 2.38 bits per heavy atom. The van der Waals surface area contributed by atoms with Gasteiger partial charge in [-0.3, -0.25) is 0 Å². The molecule has 0 saturated carbocycles. The molecule has 1 fully saturated rings. The molecule has 1 aromatic rings. The van der Waals surface area contributed by atoms with Crippen molar-refractivity contribution in [2.75, 3.05) is 6.61 Å². The zero-order valence-corrected chi connectivity index (χ0v) is 13.8. The van der Waals surface area contributed by atoms with Gasteiger partial charge in [0.2, 0.25) is 0 Å². The van der Waals surface area contributed by atoms with Crippen LogP contribution in [0, 0.1) is 0 Å². The van der Waals surface area contributed by atoms with E-state index in [0.717, 1.165) is 31.6 Å². The van der Waals surface area contributed by atoms with E-state index in [1.54, 1.807) is 0 Å². The van der Waals surface area contributed by atoms with Gasteiger partial charge in [0.05, 0.1) is 17.8 Å². The van der Waals surface area contributed by atoms with E-state index in [4.69, 9.17) is 14.0 Å². The molecule has 0 aromatic heterocycles. The van der Waals surface area contributed by atoms with Crippen molar-refractivity contribution in [3.63, 3.8) is 0 Å². The van der Waals surface area contributed by atoms with Crippen LogP contribution >= 0.6 is 0 Å². The van der Waals surface area contributed by atoms with Gasteiger partial charge in [0.15, 0.2) is 0 Å². The predicted molar refractivity (Wildman–Crippen MR) is 85.4 cm³/mol. The minimum Gasteiger partial charge on any atom is -0.493 e. The molecule has 0 radical (unpaired) electrons. The fourth-order valence-corrected chi connectivity index (χ4v) is 3.14. The smallest absolute Gasteiger partial charge is 0.493 e. The molecule has 0 spiro atoms. The van der Waals surface area contributed by atoms with Crippen LogP contribution < -0.4 is 10.2 Å². The molecule has 1 aromatic carbocycles. The van der Waals surface area contributed by atoms with Gasteiger partial charge in [-0.25, -0.2) is 0 Å². The van der Waals surface area contributed by atoms with Crippen LogP contribution in [-0.2, 0) is 22.2 Å². The van der Waals surface area contributed by atoms with E-state index >= 15 is 0 Å². The Bertz CT molecular complexity index is 535. The number of benzene rings is 1. The average molecular weight is 288 g/mol. The molecule has 0 bridgehead atoms. The molecule has 2 aliphatic rings. The van der Waals surface area contributed by atoms with Crippen molar-refractivity contribution in [3.8, 4) is 5.75 Å². The minimum absolute atomic E-state index is 0.280. The maximum Gasteiger partial charge on any atom is 0.495 e. The van der Waals surface area contributed by atoms with Crippen molar-refractivity contribution in [2.45, 2.75) is 65.1 Å². The molecule has 0 atom stereocenters. The summed E-state index contributed by atoms with van der Waals surface area (Å²) in [6, 6.07) is 4.19. The first-order valence-corrected chi connectivity index (χ1v) is 7.99. The van der Waals surface area contributed by atoms with Crippen molar-refractivity contribution >= 4 is 12.6 Å². The Kier molecular flexibility index (Phi) is 3.57. The molecule has 2 aliphatic heterocycles. The van der Waals surface area contributed by atoms with Crippen LogP contribution in [0.2, 0.25) is 0 Å². The lowest BCUT2D eigenvalue weighted by atomic mass is 9.73. The van der Waals surface area contributed by atoms with Gasteiger partial charge in [-0.15, -0.1) is 0 Å². The second-order valence-corrected chi connectivity index (χ2v) is 7.00. The fourth-order valence-electron chi connectivity index (χ4n) is 3.14. The highest BCUT2D eigenvalue weighted by molar-refractivity contribution is 6.62. The summed E-state index contributed by atoms with van der Waals surface area (Å²) < 4.78 is 18.2. The molecule has 0 amide bonds. The highest BCUT2D eigenvalue weighted by Crippen LogP contribution is 2.37. The van der Waals surface area contributed by atoms with E-state index in [9.17, 15) is 0 Å². The molecule has 114 valence electrons. The summed E-state index contributed by atoms with van der Waals surface area (Å²) >= 11 is 0. The minimum atomic E-state index is -0.297. The van der Waals surface area contributed by atoms with E-state index in [2.05, 4.69) is 46.8 Å². The van der Waals surface area contributed by atoms with E-state index in [1.165, 1.54) is 16.6 Å². The normalized spacial score (nSPS) is 22.8. The molecule has 3 nitrogen and oxygen atoms in total. The lowest BCUT2D eigenvalue weighted by Gasteiger charge is -2.32. The number of hydrogen-bond acceptors (Lipinski definition) is 3. The number of hydrogen-bond donors (Lipinski definition) is 0. The summed E-state index contributed by atoms with van der Waals surface area (Å²) in [6.45, 7) is 11.4. The summed E-state index contributed by atoms with van der Waals surface area (Å²) in [6.07, 6.45) is 3.16. The fraction of sp³-hybridized carbons (Fsp3) is 0.647. The first-order chi connectivity index (χ1) is 9.86. The van der Waals surface area contributed by atoms with Gasteiger partial charge in [-0.1, -0.05) is 13.0 Å². The largest absolute Gasteiger partial charge is 0.495 e. The SMILES string of the molecule is CCc1c(B2OC(C)(C)C(C)(C)O2)ccc2c1CCCO2. The maximum atomic E-state index is 6.22. The second kappa shape index (κ2) is 5.03. The highest BCUT2D eigenvalue weighted by Gasteiger charge is 2.52. The van der Waals surface area contributed by atoms with Crippen molar-refractivity contribution in [1.29, 1.82) is 0 Å². The zero-order chi connectivity index (χ0) is 15.3. The van der Waals surface area contributed by atoms with E-state index in [-0.39, 0.29) is 18.3 Å². The summed E-state index contributed by atoms with van der Waals surface area (Å²) in [7, 11) is -0.280. The van der Waals surface area contributed by atoms with Gasteiger partial charge >= 0.3 is 7.12 Å². The number of fused-ring (bicyclic) bond motifs is 1. The third-order valence-corrected chi connectivity index (χ3v) is 5.11. The molecule has 0 N–H and O–H groups in total. The van der Waals surface area contributed by atoms with Crippen LogP contribution in [0.4, 0.5) is 0 Å². The molecule has 3 rings (SSSR count). The summed E-state index contributed by atoms with van der Waals surface area (Å²) in [5.41, 5.74) is 3.26. The monoisotopic (exact) mass is 288 g/mol. The van der Waals surface area contributed by atoms with Gasteiger partial charge in [0, 0.05) is 0 Å². The first kappa shape index (κ1) is 14.9. The van der Waals surface area contributed by atoms with Crippen LogP contribution in [0.25, 0.3) is 0 Å². The average Bonchev–Trinajstić information content (AvgIpc) is 2.66. The Morgan fingerprint density at radius 1 is 1.10 bits per heavy atom. The topological polar surface area (TPSA) is 27.7 Å². The molecular formula is C17H25BO3. The molecule has 2 heterocycles. The third-order valence-electron chi connectivity index (χ3n) is 5.11. The van der Waals surface area contributed by atoms with E-state index in [0.29, 0.717) is 0 Å². The summed E-state index contributed by atoms with van der Waals surface area (Å²) in [5, 5.41) is 0. The van der Waals surface area contributed by atoms with Crippen LogP contribution in [0.1, 0.15) is 52.2 Å². The highest BCUT2D eigenvalue weighted by atomic mass is 16.7. The van der Waals surface area contributed by atoms with Crippen molar-refractivity contribution in [3.05, 3.63) is 23.3 Å². The van der Waals surface area contributed by atoms with Crippen LogP contribution in [0.3, 0.4) is 0 Å². The molecular weight excluding hydrogens is 263 g/mol. The number of rotatable bonds is 2. The van der Waals surface area contributed by atoms with E-state index in [1.807, 2.05) is 0 Å². The van der Waals surface area contributed by atoms with Crippen LogP contribution in [0.5, 0.6) is 5.75 Å². The lowest BCUT2D eigenvalue weighted by molar-refractivity contribution is 0.00578. The van der Waals surface area contributed by atoms with Gasteiger partial charge < -0.3 is 14.0 Å². The maximum absolute atomic E-state index is 6.22. The van der Waals surface area contributed by atoms with Crippen LogP contribution in [-0.4, -0.2) is 24.9 Å². The Labute approximate surface area is 128 Å².